The Bertz CT molecular complexity index is 585. The summed E-state index contributed by atoms with van der Waals surface area (Å²) in [6, 6.07) is 6.05. The molecular weight excluding hydrogens is 294 g/mol. The molecule has 0 amide bonds. The lowest BCUT2D eigenvalue weighted by atomic mass is 10.3. The van der Waals surface area contributed by atoms with Gasteiger partial charge in [0.2, 0.25) is 10.0 Å². The highest BCUT2D eigenvalue weighted by Gasteiger charge is 2.09. The normalized spacial score (nSPS) is 10.7. The molecular formula is C13H17N3O2S2. The number of sulfonamides is 1. The maximum Gasteiger partial charge on any atom is 0.238 e. The molecule has 20 heavy (non-hydrogen) atoms. The second kappa shape index (κ2) is 7.18. The Morgan fingerprint density at radius 3 is 2.15 bits per heavy atom. The van der Waals surface area contributed by atoms with E-state index in [1.165, 1.54) is 12.1 Å². The number of nitrogens with zero attached hydrogens (tertiary/aromatic N) is 1. The van der Waals surface area contributed by atoms with Crippen LogP contribution < -0.4 is 10.5 Å². The Balaban J connectivity index is 2.79. The van der Waals surface area contributed by atoms with Crippen LogP contribution in [0.25, 0.3) is 0 Å². The summed E-state index contributed by atoms with van der Waals surface area (Å²) in [7, 11) is -3.68. The third kappa shape index (κ3) is 4.76. The van der Waals surface area contributed by atoms with E-state index in [0.29, 0.717) is 23.9 Å². The van der Waals surface area contributed by atoms with E-state index in [4.69, 9.17) is 17.4 Å². The summed E-state index contributed by atoms with van der Waals surface area (Å²) in [6.07, 6.45) is 3.48. The SMILES string of the molecule is C=CCN(CC=C)C(=S)Nc1ccc(S(N)(=O)=O)cc1. The molecule has 0 bridgehead atoms. The van der Waals surface area contributed by atoms with Crippen molar-refractivity contribution in [2.45, 2.75) is 4.90 Å². The van der Waals surface area contributed by atoms with Crippen molar-refractivity contribution in [3.05, 3.63) is 49.6 Å². The van der Waals surface area contributed by atoms with Crippen molar-refractivity contribution >= 4 is 33.0 Å². The number of thiocarbonyl (C=S) groups is 1. The van der Waals surface area contributed by atoms with Crippen LogP contribution in [0, 0.1) is 0 Å². The molecule has 1 rings (SSSR count). The monoisotopic (exact) mass is 311 g/mol. The highest BCUT2D eigenvalue weighted by molar-refractivity contribution is 7.89. The summed E-state index contributed by atoms with van der Waals surface area (Å²) >= 11 is 5.27. The van der Waals surface area contributed by atoms with Crippen LogP contribution in [0.2, 0.25) is 0 Å². The molecule has 0 atom stereocenters. The van der Waals surface area contributed by atoms with E-state index in [1.54, 1.807) is 24.3 Å². The van der Waals surface area contributed by atoms with Crippen LogP contribution >= 0.6 is 12.2 Å². The molecule has 1 aromatic carbocycles. The van der Waals surface area contributed by atoms with Gasteiger partial charge in [0.1, 0.15) is 0 Å². The van der Waals surface area contributed by atoms with E-state index < -0.39 is 10.0 Å². The predicted molar refractivity (Wildman–Crippen MR) is 86.0 cm³/mol. The van der Waals surface area contributed by atoms with Gasteiger partial charge in [-0.1, -0.05) is 12.2 Å². The predicted octanol–water partition coefficient (Wildman–Crippen LogP) is 1.70. The van der Waals surface area contributed by atoms with Crippen molar-refractivity contribution < 1.29 is 8.42 Å². The minimum absolute atomic E-state index is 0.0583. The fourth-order valence-electron chi connectivity index (χ4n) is 1.48. The van der Waals surface area contributed by atoms with Gasteiger partial charge in [0.25, 0.3) is 0 Å². The molecule has 0 aliphatic carbocycles. The third-order valence-corrected chi connectivity index (χ3v) is 3.71. The Morgan fingerprint density at radius 1 is 1.25 bits per heavy atom. The second-order valence-corrected chi connectivity index (χ2v) is 5.93. The molecule has 3 N–H and O–H groups in total. The Labute approximate surface area is 124 Å². The van der Waals surface area contributed by atoms with Crippen molar-refractivity contribution in [2.75, 3.05) is 18.4 Å². The molecule has 5 nitrogen and oxygen atoms in total. The molecule has 0 aliphatic heterocycles. The molecule has 1 aromatic rings. The molecule has 0 saturated carbocycles. The molecule has 0 radical (unpaired) electrons. The minimum atomic E-state index is -3.68. The van der Waals surface area contributed by atoms with Gasteiger partial charge in [0.05, 0.1) is 4.90 Å². The number of hydrogen-bond donors (Lipinski definition) is 2. The maximum atomic E-state index is 11.1. The first-order valence-corrected chi connectivity index (χ1v) is 7.74. The number of primary sulfonamides is 1. The summed E-state index contributed by atoms with van der Waals surface area (Å²) in [5, 5.41) is 8.56. The van der Waals surface area contributed by atoms with Crippen molar-refractivity contribution in [1.29, 1.82) is 0 Å². The molecule has 0 heterocycles. The summed E-state index contributed by atoms with van der Waals surface area (Å²) in [4.78, 5) is 1.92. The maximum absolute atomic E-state index is 11.1. The zero-order chi connectivity index (χ0) is 15.2. The van der Waals surface area contributed by atoms with Crippen molar-refractivity contribution in [2.24, 2.45) is 5.14 Å². The molecule has 7 heteroatoms. The van der Waals surface area contributed by atoms with Crippen LogP contribution in [-0.2, 0) is 10.0 Å². The van der Waals surface area contributed by atoms with Gasteiger partial charge in [-0.15, -0.1) is 13.2 Å². The first-order chi connectivity index (χ1) is 9.38. The standard InChI is InChI=1S/C13H17N3O2S2/c1-3-9-16(10-4-2)13(19)15-11-5-7-12(8-6-11)20(14,17)18/h3-8H,1-2,9-10H2,(H,15,19)(H2,14,17,18). The Kier molecular flexibility index (Phi) is 5.87. The lowest BCUT2D eigenvalue weighted by molar-refractivity contribution is 0.522. The van der Waals surface area contributed by atoms with E-state index >= 15 is 0 Å². The number of anilines is 1. The van der Waals surface area contributed by atoms with E-state index in [9.17, 15) is 8.42 Å². The van der Waals surface area contributed by atoms with Crippen LogP contribution in [0.5, 0.6) is 0 Å². The van der Waals surface area contributed by atoms with Crippen LogP contribution in [-0.4, -0.2) is 31.5 Å². The van der Waals surface area contributed by atoms with Gasteiger partial charge in [-0.3, -0.25) is 0 Å². The molecule has 108 valence electrons. The second-order valence-electron chi connectivity index (χ2n) is 3.98. The van der Waals surface area contributed by atoms with Crippen LogP contribution in [0.1, 0.15) is 0 Å². The summed E-state index contributed by atoms with van der Waals surface area (Å²) in [5.74, 6) is 0. The van der Waals surface area contributed by atoms with E-state index in [2.05, 4.69) is 18.5 Å². The molecule has 0 unspecified atom stereocenters. The van der Waals surface area contributed by atoms with Gasteiger partial charge in [0.15, 0.2) is 5.11 Å². The van der Waals surface area contributed by atoms with Crippen LogP contribution in [0.4, 0.5) is 5.69 Å². The molecule has 0 saturated heterocycles. The van der Waals surface area contributed by atoms with Gasteiger partial charge in [-0.2, -0.15) is 0 Å². The molecule has 0 fully saturated rings. The summed E-state index contributed by atoms with van der Waals surface area (Å²) < 4.78 is 22.3. The van der Waals surface area contributed by atoms with E-state index in [1.807, 2.05) is 4.90 Å². The number of rotatable bonds is 6. The van der Waals surface area contributed by atoms with Gasteiger partial charge in [0, 0.05) is 18.8 Å². The highest BCUT2D eigenvalue weighted by Crippen LogP contribution is 2.13. The first kappa shape index (κ1) is 16.4. The lowest BCUT2D eigenvalue weighted by Gasteiger charge is -2.23. The number of nitrogens with one attached hydrogen (secondary N) is 1. The number of nitrogens with two attached hydrogens (primary N) is 1. The molecule has 0 aromatic heterocycles. The average Bonchev–Trinajstić information content (AvgIpc) is 2.38. The smallest absolute Gasteiger partial charge is 0.238 e. The number of benzene rings is 1. The number of hydrogen-bond acceptors (Lipinski definition) is 3. The van der Waals surface area contributed by atoms with Gasteiger partial charge in [-0.05, 0) is 36.5 Å². The highest BCUT2D eigenvalue weighted by atomic mass is 32.2. The average molecular weight is 311 g/mol. The Hall–Kier alpha value is -1.70. The van der Waals surface area contributed by atoms with E-state index in [0.717, 1.165) is 0 Å². The summed E-state index contributed by atoms with van der Waals surface area (Å²) in [5.41, 5.74) is 0.681. The van der Waals surface area contributed by atoms with E-state index in [-0.39, 0.29) is 4.90 Å². The van der Waals surface area contributed by atoms with Crippen LogP contribution in [0.15, 0.2) is 54.5 Å². The first-order valence-electron chi connectivity index (χ1n) is 5.79. The quantitative estimate of drug-likeness (QED) is 0.618. The largest absolute Gasteiger partial charge is 0.342 e. The zero-order valence-electron chi connectivity index (χ0n) is 11.0. The zero-order valence-corrected chi connectivity index (χ0v) is 12.6. The molecule has 0 aliphatic rings. The van der Waals surface area contributed by atoms with Crippen molar-refractivity contribution in [1.82, 2.24) is 4.90 Å². The van der Waals surface area contributed by atoms with Crippen molar-refractivity contribution in [3.8, 4) is 0 Å². The topological polar surface area (TPSA) is 75.4 Å². The molecule has 0 spiro atoms. The fraction of sp³-hybridized carbons (Fsp3) is 0.154. The Morgan fingerprint density at radius 2 is 1.75 bits per heavy atom. The lowest BCUT2D eigenvalue weighted by Crippen LogP contribution is -2.34. The minimum Gasteiger partial charge on any atom is -0.342 e. The third-order valence-electron chi connectivity index (χ3n) is 2.42. The fourth-order valence-corrected chi connectivity index (χ4v) is 2.26. The summed E-state index contributed by atoms with van der Waals surface area (Å²) in [6.45, 7) is 8.51. The van der Waals surface area contributed by atoms with Gasteiger partial charge >= 0.3 is 0 Å². The van der Waals surface area contributed by atoms with Gasteiger partial charge < -0.3 is 10.2 Å². The van der Waals surface area contributed by atoms with Gasteiger partial charge in [-0.25, -0.2) is 13.6 Å². The van der Waals surface area contributed by atoms with Crippen LogP contribution in [0.3, 0.4) is 0 Å². The van der Waals surface area contributed by atoms with Crippen molar-refractivity contribution in [3.63, 3.8) is 0 Å².